The molecule has 0 saturated carbocycles. The lowest BCUT2D eigenvalue weighted by Crippen LogP contribution is -1.87. The summed E-state index contributed by atoms with van der Waals surface area (Å²) in [6.45, 7) is 2.12. The third-order valence-corrected chi connectivity index (χ3v) is 4.52. The fourth-order valence-corrected chi connectivity index (χ4v) is 3.15. The number of pyridine rings is 1. The van der Waals surface area contributed by atoms with E-state index in [2.05, 4.69) is 29.2 Å². The summed E-state index contributed by atoms with van der Waals surface area (Å²) in [4.78, 5) is 11.3. The maximum absolute atomic E-state index is 5.84. The van der Waals surface area contributed by atoms with Crippen molar-refractivity contribution in [2.45, 2.75) is 16.7 Å². The molecule has 0 aliphatic heterocycles. The number of benzene rings is 1. The first-order valence-corrected chi connectivity index (χ1v) is 8.55. The minimum Gasteiger partial charge on any atom is -0.435 e. The maximum Gasteiger partial charge on any atom is 0.247 e. The summed E-state index contributed by atoms with van der Waals surface area (Å²) in [6, 6.07) is 10.0. The number of hydrogen-bond acceptors (Lipinski definition) is 5. The van der Waals surface area contributed by atoms with E-state index in [1.165, 1.54) is 4.90 Å². The molecule has 0 bridgehead atoms. The van der Waals surface area contributed by atoms with E-state index in [0.717, 1.165) is 27.4 Å². The summed E-state index contributed by atoms with van der Waals surface area (Å²) in [5, 5.41) is 0. The Morgan fingerprint density at radius 3 is 2.95 bits per heavy atom. The standard InChI is InChI=1S/C15H14N2OS2/c1-3-20-13-5-4-8-16-14(13)15-17-11-9-10(19-2)6-7-12(11)18-15/h4-9H,3H2,1-2H3. The molecule has 0 fully saturated rings. The molecular weight excluding hydrogens is 288 g/mol. The molecule has 0 saturated heterocycles. The number of nitrogens with zero attached hydrogens (tertiary/aromatic N) is 2. The molecule has 1 aromatic carbocycles. The van der Waals surface area contributed by atoms with Crippen LogP contribution in [0.15, 0.2) is 50.7 Å². The molecular formula is C15H14N2OS2. The van der Waals surface area contributed by atoms with E-state index < -0.39 is 0 Å². The summed E-state index contributed by atoms with van der Waals surface area (Å²) in [6.07, 6.45) is 3.83. The second kappa shape index (κ2) is 5.89. The number of oxazole rings is 1. The number of aromatic nitrogens is 2. The summed E-state index contributed by atoms with van der Waals surface area (Å²) in [7, 11) is 0. The van der Waals surface area contributed by atoms with Crippen molar-refractivity contribution in [3.63, 3.8) is 0 Å². The van der Waals surface area contributed by atoms with Crippen LogP contribution in [0.1, 0.15) is 6.92 Å². The maximum atomic E-state index is 5.84. The van der Waals surface area contributed by atoms with Gasteiger partial charge in [0, 0.05) is 16.0 Å². The highest BCUT2D eigenvalue weighted by Gasteiger charge is 2.13. The normalized spacial score (nSPS) is 11.1. The first kappa shape index (κ1) is 13.5. The van der Waals surface area contributed by atoms with Crippen LogP contribution >= 0.6 is 23.5 Å². The van der Waals surface area contributed by atoms with Crippen molar-refractivity contribution >= 4 is 34.6 Å². The molecule has 3 nitrogen and oxygen atoms in total. The number of rotatable bonds is 4. The zero-order valence-electron chi connectivity index (χ0n) is 11.3. The van der Waals surface area contributed by atoms with Crippen LogP contribution in [0, 0.1) is 0 Å². The lowest BCUT2D eigenvalue weighted by atomic mass is 10.3. The van der Waals surface area contributed by atoms with Gasteiger partial charge in [-0.3, -0.25) is 0 Å². The van der Waals surface area contributed by atoms with Gasteiger partial charge in [-0.25, -0.2) is 9.97 Å². The predicted molar refractivity (Wildman–Crippen MR) is 85.4 cm³/mol. The first-order chi connectivity index (χ1) is 9.81. The van der Waals surface area contributed by atoms with Gasteiger partial charge >= 0.3 is 0 Å². The lowest BCUT2D eigenvalue weighted by molar-refractivity contribution is 0.614. The average Bonchev–Trinajstić information content (AvgIpc) is 2.90. The van der Waals surface area contributed by atoms with Crippen molar-refractivity contribution in [1.29, 1.82) is 0 Å². The van der Waals surface area contributed by atoms with E-state index in [-0.39, 0.29) is 0 Å². The van der Waals surface area contributed by atoms with Crippen molar-refractivity contribution < 1.29 is 4.42 Å². The Balaban J connectivity index is 2.10. The first-order valence-electron chi connectivity index (χ1n) is 6.34. The van der Waals surface area contributed by atoms with E-state index in [9.17, 15) is 0 Å². The molecule has 102 valence electrons. The highest BCUT2D eigenvalue weighted by atomic mass is 32.2. The Morgan fingerprint density at radius 1 is 1.25 bits per heavy atom. The molecule has 0 unspecified atom stereocenters. The van der Waals surface area contributed by atoms with Gasteiger partial charge in [-0.05, 0) is 42.3 Å². The van der Waals surface area contributed by atoms with Crippen LogP contribution in [0.3, 0.4) is 0 Å². The van der Waals surface area contributed by atoms with Crippen LogP contribution in [0.5, 0.6) is 0 Å². The van der Waals surface area contributed by atoms with Crippen LogP contribution in [-0.4, -0.2) is 22.0 Å². The Morgan fingerprint density at radius 2 is 2.15 bits per heavy atom. The highest BCUT2D eigenvalue weighted by molar-refractivity contribution is 7.99. The van der Waals surface area contributed by atoms with Gasteiger partial charge in [0.15, 0.2) is 5.58 Å². The van der Waals surface area contributed by atoms with Gasteiger partial charge in [0.25, 0.3) is 0 Å². The monoisotopic (exact) mass is 302 g/mol. The van der Waals surface area contributed by atoms with Crippen LogP contribution in [0.2, 0.25) is 0 Å². The number of thioether (sulfide) groups is 2. The molecule has 3 rings (SSSR count). The number of fused-ring (bicyclic) bond motifs is 1. The fourth-order valence-electron chi connectivity index (χ4n) is 1.96. The molecule has 3 aromatic rings. The minimum absolute atomic E-state index is 0.592. The van der Waals surface area contributed by atoms with Gasteiger partial charge in [0.05, 0.1) is 0 Å². The Bertz CT molecular complexity index is 740. The van der Waals surface area contributed by atoms with Crippen LogP contribution in [-0.2, 0) is 0 Å². The topological polar surface area (TPSA) is 38.9 Å². The molecule has 0 atom stereocenters. The summed E-state index contributed by atoms with van der Waals surface area (Å²) in [5.74, 6) is 1.59. The van der Waals surface area contributed by atoms with E-state index in [4.69, 9.17) is 4.42 Å². The van der Waals surface area contributed by atoms with E-state index >= 15 is 0 Å². The second-order valence-corrected chi connectivity index (χ2v) is 6.32. The second-order valence-electron chi connectivity index (χ2n) is 4.14. The average molecular weight is 302 g/mol. The largest absolute Gasteiger partial charge is 0.435 e. The van der Waals surface area contributed by atoms with Crippen molar-refractivity contribution in [2.24, 2.45) is 0 Å². The third-order valence-electron chi connectivity index (χ3n) is 2.87. The molecule has 0 amide bonds. The molecule has 0 N–H and O–H groups in total. The van der Waals surface area contributed by atoms with Gasteiger partial charge in [-0.15, -0.1) is 23.5 Å². The molecule has 20 heavy (non-hydrogen) atoms. The van der Waals surface area contributed by atoms with E-state index in [0.29, 0.717) is 5.89 Å². The molecule has 0 aliphatic carbocycles. The van der Waals surface area contributed by atoms with Crippen molar-refractivity contribution in [3.8, 4) is 11.6 Å². The fraction of sp³-hybridized carbons (Fsp3) is 0.200. The van der Waals surface area contributed by atoms with Crippen molar-refractivity contribution in [3.05, 3.63) is 36.5 Å². The zero-order chi connectivity index (χ0) is 13.9. The molecule has 2 heterocycles. The van der Waals surface area contributed by atoms with Crippen LogP contribution in [0.25, 0.3) is 22.7 Å². The quantitative estimate of drug-likeness (QED) is 0.652. The molecule has 0 spiro atoms. The minimum atomic E-state index is 0.592. The number of hydrogen-bond donors (Lipinski definition) is 0. The van der Waals surface area contributed by atoms with E-state index in [1.807, 2.05) is 24.3 Å². The Kier molecular flexibility index (Phi) is 3.98. The van der Waals surface area contributed by atoms with Gasteiger partial charge in [0.2, 0.25) is 5.89 Å². The summed E-state index contributed by atoms with van der Waals surface area (Å²) < 4.78 is 5.84. The summed E-state index contributed by atoms with van der Waals surface area (Å²) >= 11 is 3.45. The predicted octanol–water partition coefficient (Wildman–Crippen LogP) is 4.72. The van der Waals surface area contributed by atoms with Crippen LogP contribution in [0.4, 0.5) is 0 Å². The lowest BCUT2D eigenvalue weighted by Gasteiger charge is -2.02. The molecule has 2 aromatic heterocycles. The van der Waals surface area contributed by atoms with Crippen LogP contribution < -0.4 is 0 Å². The Labute approximate surface area is 126 Å². The van der Waals surface area contributed by atoms with Gasteiger partial charge in [0.1, 0.15) is 11.2 Å². The third kappa shape index (κ3) is 2.55. The smallest absolute Gasteiger partial charge is 0.247 e. The Hall–Kier alpha value is -1.46. The highest BCUT2D eigenvalue weighted by Crippen LogP contribution is 2.31. The van der Waals surface area contributed by atoms with Gasteiger partial charge in [-0.1, -0.05) is 6.92 Å². The van der Waals surface area contributed by atoms with Crippen molar-refractivity contribution in [2.75, 3.05) is 12.0 Å². The van der Waals surface area contributed by atoms with Gasteiger partial charge < -0.3 is 4.42 Å². The molecule has 0 radical (unpaired) electrons. The SMILES string of the molecule is CCSc1cccnc1-c1nc2cc(SC)ccc2o1. The van der Waals surface area contributed by atoms with E-state index in [1.54, 1.807) is 29.7 Å². The molecule has 5 heteroatoms. The zero-order valence-corrected chi connectivity index (χ0v) is 12.9. The molecule has 0 aliphatic rings. The summed E-state index contributed by atoms with van der Waals surface area (Å²) in [5.41, 5.74) is 2.50. The van der Waals surface area contributed by atoms with Gasteiger partial charge in [-0.2, -0.15) is 0 Å². The van der Waals surface area contributed by atoms with Crippen molar-refractivity contribution in [1.82, 2.24) is 9.97 Å².